The van der Waals surface area contributed by atoms with Gasteiger partial charge in [0.05, 0.1) is 0 Å². The Hall–Kier alpha value is -0.610. The summed E-state index contributed by atoms with van der Waals surface area (Å²) in [6.45, 7) is 1.75. The van der Waals surface area contributed by atoms with Crippen molar-refractivity contribution in [3.63, 3.8) is 0 Å². The van der Waals surface area contributed by atoms with Gasteiger partial charge in [-0.2, -0.15) is 0 Å². The van der Waals surface area contributed by atoms with Gasteiger partial charge in [0, 0.05) is 11.3 Å². The predicted molar refractivity (Wildman–Crippen MR) is 66.6 cm³/mol. The molecular weight excluding hydrogens is 276 g/mol. The van der Waals surface area contributed by atoms with E-state index in [-0.39, 0.29) is 4.66 Å². The Kier molecular flexibility index (Phi) is 4.54. The highest BCUT2D eigenvalue weighted by atomic mass is 79.9. The maximum absolute atomic E-state index is 11.6. The van der Waals surface area contributed by atoms with Crippen molar-refractivity contribution in [1.29, 1.82) is 0 Å². The zero-order chi connectivity index (χ0) is 11.3. The van der Waals surface area contributed by atoms with E-state index in [4.69, 9.17) is 0 Å². The van der Waals surface area contributed by atoms with Crippen LogP contribution in [0.3, 0.4) is 0 Å². The molecule has 0 fully saturated rings. The highest BCUT2D eigenvalue weighted by Gasteiger charge is 2.15. The summed E-state index contributed by atoms with van der Waals surface area (Å²) in [6, 6.07) is 9.57. The van der Waals surface area contributed by atoms with Crippen LogP contribution in [0.15, 0.2) is 41.3 Å². The molecule has 0 atom stereocenters. The average Bonchev–Trinajstić information content (AvgIpc) is 2.27. The quantitative estimate of drug-likeness (QED) is 0.799. The SMILES string of the molecule is C/C=C(/Cc1ccccc1)S(=O)(=O)CBr. The minimum atomic E-state index is -3.13. The molecule has 4 heteroatoms. The van der Waals surface area contributed by atoms with E-state index in [1.165, 1.54) is 0 Å². The van der Waals surface area contributed by atoms with Crippen LogP contribution in [-0.2, 0) is 16.3 Å². The van der Waals surface area contributed by atoms with Crippen molar-refractivity contribution in [2.24, 2.45) is 0 Å². The first kappa shape index (κ1) is 12.5. The minimum absolute atomic E-state index is 0.0213. The molecule has 0 spiro atoms. The molecule has 0 radical (unpaired) electrons. The molecule has 0 bridgehead atoms. The lowest BCUT2D eigenvalue weighted by Crippen LogP contribution is -2.07. The number of hydrogen-bond donors (Lipinski definition) is 0. The molecule has 1 aromatic rings. The molecule has 1 rings (SSSR count). The number of halogens is 1. The Morgan fingerprint density at radius 3 is 2.40 bits per heavy atom. The second-order valence-corrected chi connectivity index (χ2v) is 6.49. The summed E-state index contributed by atoms with van der Waals surface area (Å²) in [5.41, 5.74) is 1.01. The topological polar surface area (TPSA) is 34.1 Å². The summed E-state index contributed by atoms with van der Waals surface area (Å²) in [7, 11) is -3.13. The Morgan fingerprint density at radius 1 is 1.33 bits per heavy atom. The van der Waals surface area contributed by atoms with Gasteiger partial charge in [-0.3, -0.25) is 0 Å². The molecular formula is C11H13BrO2S. The van der Waals surface area contributed by atoms with E-state index in [2.05, 4.69) is 15.9 Å². The number of benzene rings is 1. The van der Waals surface area contributed by atoms with Crippen LogP contribution < -0.4 is 0 Å². The van der Waals surface area contributed by atoms with Gasteiger partial charge < -0.3 is 0 Å². The summed E-state index contributed by atoms with van der Waals surface area (Å²) in [5, 5.41) is 0. The highest BCUT2D eigenvalue weighted by Crippen LogP contribution is 2.16. The second kappa shape index (κ2) is 5.47. The molecule has 1 aromatic carbocycles. The predicted octanol–water partition coefficient (Wildman–Crippen LogP) is 2.90. The van der Waals surface area contributed by atoms with Gasteiger partial charge in [0.2, 0.25) is 0 Å². The number of sulfone groups is 1. The molecule has 0 N–H and O–H groups in total. The fraction of sp³-hybridized carbons (Fsp3) is 0.273. The van der Waals surface area contributed by atoms with Crippen LogP contribution in [0, 0.1) is 0 Å². The Balaban J connectivity index is 2.91. The fourth-order valence-corrected chi connectivity index (χ4v) is 3.03. The highest BCUT2D eigenvalue weighted by molar-refractivity contribution is 9.10. The van der Waals surface area contributed by atoms with E-state index in [1.54, 1.807) is 13.0 Å². The van der Waals surface area contributed by atoms with Crippen LogP contribution in [0.25, 0.3) is 0 Å². The normalized spacial score (nSPS) is 12.8. The largest absolute Gasteiger partial charge is 0.223 e. The zero-order valence-electron chi connectivity index (χ0n) is 8.48. The third-order valence-electron chi connectivity index (χ3n) is 2.09. The van der Waals surface area contributed by atoms with Crippen molar-refractivity contribution in [3.05, 3.63) is 46.9 Å². The number of alkyl halides is 1. The van der Waals surface area contributed by atoms with Crippen molar-refractivity contribution in [3.8, 4) is 0 Å². The Morgan fingerprint density at radius 2 is 1.93 bits per heavy atom. The van der Waals surface area contributed by atoms with Crippen LogP contribution in [0.5, 0.6) is 0 Å². The summed E-state index contributed by atoms with van der Waals surface area (Å²) in [6.07, 6.45) is 2.12. The van der Waals surface area contributed by atoms with Gasteiger partial charge >= 0.3 is 0 Å². The molecule has 0 unspecified atom stereocenters. The van der Waals surface area contributed by atoms with E-state index in [0.717, 1.165) is 5.56 Å². The van der Waals surface area contributed by atoms with E-state index >= 15 is 0 Å². The van der Waals surface area contributed by atoms with Gasteiger partial charge in [0.1, 0.15) is 4.66 Å². The molecule has 0 heterocycles. The zero-order valence-corrected chi connectivity index (χ0v) is 10.9. The van der Waals surface area contributed by atoms with E-state index < -0.39 is 9.84 Å². The standard InChI is InChI=1S/C11H13BrO2S/c1-2-11(15(13,14)9-12)8-10-6-4-3-5-7-10/h2-7H,8-9H2,1H3/b11-2-. The van der Waals surface area contributed by atoms with Crippen LogP contribution in [0.4, 0.5) is 0 Å². The van der Waals surface area contributed by atoms with Crippen LogP contribution in [-0.4, -0.2) is 13.1 Å². The van der Waals surface area contributed by atoms with E-state index in [9.17, 15) is 8.42 Å². The van der Waals surface area contributed by atoms with Crippen molar-refractivity contribution in [2.75, 3.05) is 4.66 Å². The number of rotatable bonds is 4. The second-order valence-electron chi connectivity index (χ2n) is 3.14. The van der Waals surface area contributed by atoms with Crippen LogP contribution in [0.1, 0.15) is 12.5 Å². The molecule has 15 heavy (non-hydrogen) atoms. The molecule has 0 amide bonds. The van der Waals surface area contributed by atoms with E-state index in [0.29, 0.717) is 11.3 Å². The Bertz CT molecular complexity index is 435. The summed E-state index contributed by atoms with van der Waals surface area (Å²) < 4.78 is 23.2. The summed E-state index contributed by atoms with van der Waals surface area (Å²) >= 11 is 3.00. The molecule has 0 saturated carbocycles. The number of allylic oxidation sites excluding steroid dienone is 2. The molecule has 2 nitrogen and oxygen atoms in total. The fourth-order valence-electron chi connectivity index (χ4n) is 1.26. The molecule has 0 aliphatic heterocycles. The average molecular weight is 289 g/mol. The van der Waals surface area contributed by atoms with E-state index in [1.807, 2.05) is 30.3 Å². The monoisotopic (exact) mass is 288 g/mol. The smallest absolute Gasteiger partial charge is 0.184 e. The molecule has 0 aliphatic rings. The van der Waals surface area contributed by atoms with Crippen molar-refractivity contribution < 1.29 is 8.42 Å². The van der Waals surface area contributed by atoms with Crippen LogP contribution >= 0.6 is 15.9 Å². The summed E-state index contributed by atoms with van der Waals surface area (Å²) in [5.74, 6) is 0. The molecule has 0 aliphatic carbocycles. The third-order valence-corrected chi connectivity index (χ3v) is 5.36. The van der Waals surface area contributed by atoms with Crippen LogP contribution in [0.2, 0.25) is 0 Å². The maximum atomic E-state index is 11.6. The molecule has 0 saturated heterocycles. The molecule has 82 valence electrons. The van der Waals surface area contributed by atoms with Gasteiger partial charge in [0.25, 0.3) is 0 Å². The van der Waals surface area contributed by atoms with Gasteiger partial charge in [-0.1, -0.05) is 52.3 Å². The first-order chi connectivity index (χ1) is 7.10. The third kappa shape index (κ3) is 3.47. The van der Waals surface area contributed by atoms with Gasteiger partial charge in [-0.25, -0.2) is 8.42 Å². The van der Waals surface area contributed by atoms with Gasteiger partial charge in [-0.15, -0.1) is 0 Å². The first-order valence-electron chi connectivity index (χ1n) is 4.58. The van der Waals surface area contributed by atoms with Crippen molar-refractivity contribution in [2.45, 2.75) is 13.3 Å². The first-order valence-corrected chi connectivity index (χ1v) is 7.35. The minimum Gasteiger partial charge on any atom is -0.223 e. The maximum Gasteiger partial charge on any atom is 0.184 e. The van der Waals surface area contributed by atoms with Crippen molar-refractivity contribution in [1.82, 2.24) is 0 Å². The lowest BCUT2D eigenvalue weighted by molar-refractivity contribution is 0.605. The summed E-state index contributed by atoms with van der Waals surface area (Å²) in [4.78, 5) is 0.463. The van der Waals surface area contributed by atoms with Gasteiger partial charge in [-0.05, 0) is 12.5 Å². The van der Waals surface area contributed by atoms with Crippen molar-refractivity contribution >= 4 is 25.8 Å². The molecule has 0 aromatic heterocycles. The van der Waals surface area contributed by atoms with Gasteiger partial charge in [0.15, 0.2) is 9.84 Å². The lowest BCUT2D eigenvalue weighted by atomic mass is 10.1. The Labute approximate surface area is 99.1 Å². The number of hydrogen-bond acceptors (Lipinski definition) is 2. The lowest BCUT2D eigenvalue weighted by Gasteiger charge is -2.06.